The van der Waals surface area contributed by atoms with E-state index in [0.717, 1.165) is 0 Å². The molecule has 0 amide bonds. The maximum absolute atomic E-state index is 12.4. The molecule has 0 radical (unpaired) electrons. The molecule has 0 aliphatic heterocycles. The van der Waals surface area contributed by atoms with E-state index >= 15 is 0 Å². The second kappa shape index (κ2) is 5.66. The van der Waals surface area contributed by atoms with E-state index in [1.807, 2.05) is 0 Å². The molecule has 1 aromatic carbocycles. The van der Waals surface area contributed by atoms with E-state index < -0.39 is 10.7 Å². The Hall–Kier alpha value is -2.47. The maximum Gasteiger partial charge on any atom is 0.280 e. The highest BCUT2D eigenvalue weighted by atomic mass is 35.5. The van der Waals surface area contributed by atoms with Crippen molar-refractivity contribution in [1.29, 1.82) is 0 Å². The second-order valence-electron chi connectivity index (χ2n) is 3.90. The predicted octanol–water partition coefficient (Wildman–Crippen LogP) is 2.92. The minimum absolute atomic E-state index is 0.0103. The average Bonchev–Trinajstić information content (AvgIpc) is 2.46. The van der Waals surface area contributed by atoms with Gasteiger partial charge in [0.05, 0.1) is 15.6 Å². The Morgan fingerprint density at radius 3 is 2.75 bits per heavy atom. The predicted molar refractivity (Wildman–Crippen MR) is 75.3 cm³/mol. The summed E-state index contributed by atoms with van der Waals surface area (Å²) in [6, 6.07) is 7.29. The van der Waals surface area contributed by atoms with Gasteiger partial charge in [-0.1, -0.05) is 23.7 Å². The lowest BCUT2D eigenvalue weighted by atomic mass is 10.0. The van der Waals surface area contributed by atoms with Crippen molar-refractivity contribution in [3.63, 3.8) is 0 Å². The third kappa shape index (κ3) is 2.60. The summed E-state index contributed by atoms with van der Waals surface area (Å²) < 4.78 is 0. The lowest BCUT2D eigenvalue weighted by molar-refractivity contribution is -0.385. The number of benzene rings is 1. The fourth-order valence-corrected chi connectivity index (χ4v) is 1.92. The molecule has 0 aliphatic carbocycles. The summed E-state index contributed by atoms with van der Waals surface area (Å²) in [5.74, 6) is -0.529. The van der Waals surface area contributed by atoms with Crippen LogP contribution in [0.1, 0.15) is 16.1 Å². The van der Waals surface area contributed by atoms with Gasteiger partial charge in [-0.05, 0) is 12.1 Å². The smallest absolute Gasteiger partial charge is 0.280 e. The number of nitro groups is 1. The third-order valence-electron chi connectivity index (χ3n) is 2.68. The van der Waals surface area contributed by atoms with E-state index in [1.54, 1.807) is 13.1 Å². The zero-order valence-corrected chi connectivity index (χ0v) is 11.2. The molecular weight excluding hydrogens is 282 g/mol. The van der Waals surface area contributed by atoms with Crippen LogP contribution in [-0.2, 0) is 0 Å². The van der Waals surface area contributed by atoms with Gasteiger partial charge in [0.1, 0.15) is 11.3 Å². The van der Waals surface area contributed by atoms with Crippen LogP contribution in [-0.4, -0.2) is 22.7 Å². The number of carbonyl (C=O) groups excluding carboxylic acids is 1. The summed E-state index contributed by atoms with van der Waals surface area (Å²) in [5.41, 5.74) is 0.243. The monoisotopic (exact) mass is 291 g/mol. The molecule has 0 aliphatic rings. The van der Waals surface area contributed by atoms with Crippen molar-refractivity contribution >= 4 is 28.8 Å². The highest BCUT2D eigenvalue weighted by Crippen LogP contribution is 2.25. The maximum atomic E-state index is 12.4. The second-order valence-corrected chi connectivity index (χ2v) is 4.34. The molecule has 0 saturated heterocycles. The molecule has 7 heteroatoms. The first-order valence-electron chi connectivity index (χ1n) is 5.66. The molecule has 1 N–H and O–H groups in total. The minimum Gasteiger partial charge on any atom is -0.386 e. The van der Waals surface area contributed by atoms with Gasteiger partial charge in [0.2, 0.25) is 5.78 Å². The van der Waals surface area contributed by atoms with E-state index in [4.69, 9.17) is 11.6 Å². The Morgan fingerprint density at radius 2 is 2.10 bits per heavy atom. The van der Waals surface area contributed by atoms with E-state index in [0.29, 0.717) is 10.7 Å². The van der Waals surface area contributed by atoms with Gasteiger partial charge in [-0.2, -0.15) is 0 Å². The Morgan fingerprint density at radius 1 is 1.40 bits per heavy atom. The van der Waals surface area contributed by atoms with Crippen LogP contribution in [0.3, 0.4) is 0 Å². The van der Waals surface area contributed by atoms with Crippen molar-refractivity contribution in [1.82, 2.24) is 4.98 Å². The molecule has 20 heavy (non-hydrogen) atoms. The zero-order chi connectivity index (χ0) is 14.7. The highest BCUT2D eigenvalue weighted by Gasteiger charge is 2.23. The Bertz CT molecular complexity index is 688. The van der Waals surface area contributed by atoms with E-state index in [-0.39, 0.29) is 16.9 Å². The molecule has 0 atom stereocenters. The van der Waals surface area contributed by atoms with Crippen molar-refractivity contribution < 1.29 is 9.72 Å². The lowest BCUT2D eigenvalue weighted by Gasteiger charge is -2.07. The van der Waals surface area contributed by atoms with Crippen LogP contribution in [0.5, 0.6) is 0 Å². The van der Waals surface area contributed by atoms with Gasteiger partial charge in [-0.25, -0.2) is 4.98 Å². The Kier molecular flexibility index (Phi) is 3.95. The molecule has 1 heterocycles. The van der Waals surface area contributed by atoms with Gasteiger partial charge in [-0.15, -0.1) is 0 Å². The summed E-state index contributed by atoms with van der Waals surface area (Å²) in [4.78, 5) is 26.7. The minimum atomic E-state index is -0.595. The number of pyridine rings is 1. The molecular formula is C13H10ClN3O3. The highest BCUT2D eigenvalue weighted by molar-refractivity contribution is 6.31. The molecule has 0 fully saturated rings. The first-order chi connectivity index (χ1) is 9.54. The van der Waals surface area contributed by atoms with Crippen LogP contribution in [0.25, 0.3) is 0 Å². The summed E-state index contributed by atoms with van der Waals surface area (Å²) in [5, 5.41) is 14.1. The number of para-hydroxylation sites is 1. The number of nitrogens with one attached hydrogen (secondary N) is 1. The molecule has 0 spiro atoms. The van der Waals surface area contributed by atoms with Crippen molar-refractivity contribution in [3.8, 4) is 0 Å². The van der Waals surface area contributed by atoms with Gasteiger partial charge in [0, 0.05) is 19.3 Å². The largest absolute Gasteiger partial charge is 0.386 e. The number of hydrogen-bond acceptors (Lipinski definition) is 5. The Labute approximate surface area is 119 Å². The van der Waals surface area contributed by atoms with Crippen molar-refractivity contribution in [3.05, 3.63) is 62.9 Å². The molecule has 102 valence electrons. The number of rotatable bonds is 4. The quantitative estimate of drug-likeness (QED) is 0.532. The number of halogens is 1. The molecule has 0 unspecified atom stereocenters. The molecule has 0 bridgehead atoms. The normalized spacial score (nSPS) is 10.1. The molecule has 6 nitrogen and oxygen atoms in total. The average molecular weight is 292 g/mol. The fraction of sp³-hybridized carbons (Fsp3) is 0.0769. The van der Waals surface area contributed by atoms with Gasteiger partial charge < -0.3 is 5.32 Å². The number of nitrogens with zero attached hydrogens (tertiary/aromatic N) is 2. The van der Waals surface area contributed by atoms with E-state index in [9.17, 15) is 14.9 Å². The lowest BCUT2D eigenvalue weighted by Crippen LogP contribution is -2.10. The third-order valence-corrected chi connectivity index (χ3v) is 2.89. The first-order valence-corrected chi connectivity index (χ1v) is 6.04. The van der Waals surface area contributed by atoms with Crippen LogP contribution in [0, 0.1) is 10.1 Å². The van der Waals surface area contributed by atoms with Gasteiger partial charge in [-0.3, -0.25) is 14.9 Å². The van der Waals surface area contributed by atoms with Crippen molar-refractivity contribution in [2.24, 2.45) is 0 Å². The van der Waals surface area contributed by atoms with Crippen LogP contribution in [0.4, 0.5) is 11.4 Å². The topological polar surface area (TPSA) is 85.1 Å². The summed E-state index contributed by atoms with van der Waals surface area (Å²) in [6.07, 6.45) is 1.32. The number of carbonyl (C=O) groups is 1. The van der Waals surface area contributed by atoms with Crippen LogP contribution in [0.2, 0.25) is 5.02 Å². The van der Waals surface area contributed by atoms with Gasteiger partial charge in [0.25, 0.3) is 5.69 Å². The van der Waals surface area contributed by atoms with Crippen molar-refractivity contribution in [2.45, 2.75) is 0 Å². The van der Waals surface area contributed by atoms with E-state index in [2.05, 4.69) is 10.3 Å². The van der Waals surface area contributed by atoms with Crippen molar-refractivity contribution in [2.75, 3.05) is 12.4 Å². The summed E-state index contributed by atoms with van der Waals surface area (Å²) >= 11 is 5.81. The molecule has 1 aromatic heterocycles. The number of hydrogen-bond donors (Lipinski definition) is 1. The number of nitro benzene ring substituents is 1. The summed E-state index contributed by atoms with van der Waals surface area (Å²) in [6.45, 7) is 0. The van der Waals surface area contributed by atoms with Gasteiger partial charge in [0.15, 0.2) is 0 Å². The molecule has 0 saturated carbocycles. The van der Waals surface area contributed by atoms with Crippen LogP contribution < -0.4 is 5.32 Å². The van der Waals surface area contributed by atoms with Gasteiger partial charge >= 0.3 is 0 Å². The molecule has 2 aromatic rings. The van der Waals surface area contributed by atoms with Crippen LogP contribution >= 0.6 is 11.6 Å². The number of anilines is 1. The van der Waals surface area contributed by atoms with E-state index in [1.165, 1.54) is 30.5 Å². The zero-order valence-electron chi connectivity index (χ0n) is 10.5. The fourth-order valence-electron chi connectivity index (χ4n) is 1.76. The number of aromatic nitrogens is 1. The molecule has 2 rings (SSSR count). The van der Waals surface area contributed by atoms with Crippen LogP contribution in [0.15, 0.2) is 36.5 Å². The summed E-state index contributed by atoms with van der Waals surface area (Å²) in [7, 11) is 1.61. The number of ketones is 1. The first kappa shape index (κ1) is 14.0. The SMILES string of the molecule is CNc1cc(Cl)cnc1C(=O)c1ccccc1[N+](=O)[O-]. The standard InChI is InChI=1S/C13H10ClN3O3/c1-15-10-6-8(14)7-16-12(10)13(18)9-4-2-3-5-11(9)17(19)20/h2-7,15H,1H3. The Balaban J connectivity index is 2.55.